The second-order valence-corrected chi connectivity index (χ2v) is 10.9. The molecule has 0 bridgehead atoms. The minimum absolute atomic E-state index is 0.00602. The monoisotopic (exact) mass is 524 g/mol. The number of amides is 3. The van der Waals surface area contributed by atoms with Crippen molar-refractivity contribution >= 4 is 17.9 Å². The molecule has 204 valence electrons. The number of nitrogens with one attached hydrogen (secondary N) is 2. The minimum Gasteiger partial charge on any atom is -0.508 e. The Bertz CT molecular complexity index is 1180. The van der Waals surface area contributed by atoms with Crippen molar-refractivity contribution in [1.82, 2.24) is 15.5 Å². The molecule has 0 saturated heterocycles. The van der Waals surface area contributed by atoms with E-state index in [2.05, 4.69) is 10.6 Å². The summed E-state index contributed by atoms with van der Waals surface area (Å²) in [5.41, 5.74) is -0.592. The number of nitrogens with zero attached hydrogens (tertiary/aromatic N) is 2. The van der Waals surface area contributed by atoms with Crippen molar-refractivity contribution in [3.05, 3.63) is 59.7 Å². The van der Waals surface area contributed by atoms with E-state index >= 15 is 0 Å². The highest BCUT2D eigenvalue weighted by Gasteiger charge is 2.37. The van der Waals surface area contributed by atoms with Gasteiger partial charge in [0.25, 0.3) is 0 Å². The summed E-state index contributed by atoms with van der Waals surface area (Å²) < 4.78 is 5.35. The van der Waals surface area contributed by atoms with Gasteiger partial charge in [0, 0.05) is 12.0 Å². The Hall–Kier alpha value is -4.26. The molecular formula is C28H36N4O6. The molecule has 2 aromatic carbocycles. The molecule has 0 fully saturated rings. The number of nitriles is 1. The van der Waals surface area contributed by atoms with Gasteiger partial charge in [-0.05, 0) is 76.9 Å². The van der Waals surface area contributed by atoms with Crippen LogP contribution in [0.5, 0.6) is 11.5 Å². The third-order valence-corrected chi connectivity index (χ3v) is 5.13. The maximum atomic E-state index is 14.0. The second-order valence-electron chi connectivity index (χ2n) is 10.9. The van der Waals surface area contributed by atoms with E-state index in [0.29, 0.717) is 5.56 Å². The van der Waals surface area contributed by atoms with Crippen LogP contribution in [0.15, 0.2) is 48.5 Å². The van der Waals surface area contributed by atoms with Gasteiger partial charge in [-0.3, -0.25) is 9.59 Å². The Morgan fingerprint density at radius 3 is 2.16 bits per heavy atom. The topological polar surface area (TPSA) is 152 Å². The summed E-state index contributed by atoms with van der Waals surface area (Å²) in [6.07, 6.45) is -0.854. The lowest BCUT2D eigenvalue weighted by Crippen LogP contribution is -2.55. The Morgan fingerprint density at radius 1 is 1.00 bits per heavy atom. The highest BCUT2D eigenvalue weighted by Crippen LogP contribution is 2.26. The fourth-order valence-corrected chi connectivity index (χ4v) is 3.70. The molecule has 0 aliphatic rings. The van der Waals surface area contributed by atoms with Crippen molar-refractivity contribution < 1.29 is 29.3 Å². The number of carbonyl (C=O) groups is 3. The van der Waals surface area contributed by atoms with Crippen molar-refractivity contribution in [2.24, 2.45) is 0 Å². The molecule has 0 aliphatic carbocycles. The minimum atomic E-state index is -1.28. The molecule has 0 heterocycles. The molecule has 0 spiro atoms. The van der Waals surface area contributed by atoms with E-state index in [9.17, 15) is 29.9 Å². The summed E-state index contributed by atoms with van der Waals surface area (Å²) in [5, 5.41) is 34.8. The summed E-state index contributed by atoms with van der Waals surface area (Å²) in [4.78, 5) is 41.2. The van der Waals surface area contributed by atoms with E-state index in [1.807, 2.05) is 6.07 Å². The van der Waals surface area contributed by atoms with Crippen molar-refractivity contribution in [3.8, 4) is 17.6 Å². The molecule has 0 aromatic heterocycles. The Kier molecular flexibility index (Phi) is 9.72. The molecule has 2 aromatic rings. The van der Waals surface area contributed by atoms with Crippen molar-refractivity contribution in [2.45, 2.75) is 71.2 Å². The lowest BCUT2D eigenvalue weighted by molar-refractivity contribution is -0.142. The van der Waals surface area contributed by atoms with Gasteiger partial charge < -0.3 is 30.5 Å². The average Bonchev–Trinajstić information content (AvgIpc) is 2.77. The maximum absolute atomic E-state index is 14.0. The highest BCUT2D eigenvalue weighted by molar-refractivity contribution is 5.92. The van der Waals surface area contributed by atoms with E-state index in [0.717, 1.165) is 4.90 Å². The van der Waals surface area contributed by atoms with Crippen molar-refractivity contribution in [3.63, 3.8) is 0 Å². The number of carbonyl (C=O) groups excluding carboxylic acids is 3. The molecule has 4 N–H and O–H groups in total. The van der Waals surface area contributed by atoms with Gasteiger partial charge >= 0.3 is 6.09 Å². The number of hydrogen-bond donors (Lipinski definition) is 4. The largest absolute Gasteiger partial charge is 0.508 e. The lowest BCUT2D eigenvalue weighted by atomic mass is 9.99. The van der Waals surface area contributed by atoms with Crippen LogP contribution in [0.4, 0.5) is 4.79 Å². The van der Waals surface area contributed by atoms with Crippen LogP contribution < -0.4 is 10.6 Å². The first-order chi connectivity index (χ1) is 17.6. The van der Waals surface area contributed by atoms with Crippen LogP contribution >= 0.6 is 0 Å². The summed E-state index contributed by atoms with van der Waals surface area (Å²) >= 11 is 0. The van der Waals surface area contributed by atoms with Crippen LogP contribution in [0.3, 0.4) is 0 Å². The van der Waals surface area contributed by atoms with E-state index < -0.39 is 47.7 Å². The van der Waals surface area contributed by atoms with Crippen LogP contribution in [0.25, 0.3) is 0 Å². The third-order valence-electron chi connectivity index (χ3n) is 5.13. The number of phenols is 2. The quantitative estimate of drug-likeness (QED) is 0.385. The molecule has 0 saturated carbocycles. The number of ether oxygens (including phenoxy) is 1. The summed E-state index contributed by atoms with van der Waals surface area (Å²) in [5.74, 6) is -1.35. The van der Waals surface area contributed by atoms with Crippen LogP contribution in [0.1, 0.15) is 58.7 Å². The van der Waals surface area contributed by atoms with Crippen LogP contribution in [-0.2, 0) is 20.7 Å². The van der Waals surface area contributed by atoms with E-state index in [-0.39, 0.29) is 23.5 Å². The molecule has 38 heavy (non-hydrogen) atoms. The van der Waals surface area contributed by atoms with Gasteiger partial charge in [0.1, 0.15) is 35.7 Å². The number of phenolic OH excluding ortho intramolecular Hbond substituents is 2. The highest BCUT2D eigenvalue weighted by atomic mass is 16.6. The average molecular weight is 525 g/mol. The number of aromatic hydroxyl groups is 2. The smallest absolute Gasteiger partial charge is 0.408 e. The summed E-state index contributed by atoms with van der Waals surface area (Å²) in [6.45, 7) is 9.90. The summed E-state index contributed by atoms with van der Waals surface area (Å²) in [6, 6.07) is 11.4. The number of alkyl carbamates (subject to hydrolysis) is 1. The normalized spacial score (nSPS) is 13.0. The first-order valence-electron chi connectivity index (χ1n) is 12.2. The zero-order chi connectivity index (χ0) is 28.7. The molecule has 10 nitrogen and oxygen atoms in total. The van der Waals surface area contributed by atoms with Gasteiger partial charge in [-0.2, -0.15) is 5.26 Å². The van der Waals surface area contributed by atoms with E-state index in [1.165, 1.54) is 30.3 Å². The fourth-order valence-electron chi connectivity index (χ4n) is 3.70. The first-order valence-corrected chi connectivity index (χ1v) is 12.2. The zero-order valence-corrected chi connectivity index (χ0v) is 22.6. The molecule has 3 amide bonds. The van der Waals surface area contributed by atoms with Gasteiger partial charge in [0.05, 0.1) is 6.07 Å². The van der Waals surface area contributed by atoms with Crippen LogP contribution in [-0.4, -0.2) is 56.7 Å². The first kappa shape index (κ1) is 30.0. The zero-order valence-electron chi connectivity index (χ0n) is 22.6. The van der Waals surface area contributed by atoms with Crippen LogP contribution in [0.2, 0.25) is 0 Å². The molecule has 0 aliphatic heterocycles. The predicted octanol–water partition coefficient (Wildman–Crippen LogP) is 3.54. The lowest BCUT2D eigenvalue weighted by Gasteiger charge is -2.34. The van der Waals surface area contributed by atoms with Gasteiger partial charge in [0.15, 0.2) is 0 Å². The number of rotatable bonds is 8. The molecule has 2 rings (SSSR count). The third kappa shape index (κ3) is 9.32. The molecular weight excluding hydrogens is 488 g/mol. The maximum Gasteiger partial charge on any atom is 0.408 e. The molecule has 10 heteroatoms. The van der Waals surface area contributed by atoms with Crippen molar-refractivity contribution in [2.75, 3.05) is 6.54 Å². The van der Waals surface area contributed by atoms with E-state index in [4.69, 9.17) is 4.74 Å². The second kappa shape index (κ2) is 12.3. The standard InChI is InChI=1S/C28H36N4O6/c1-27(2,3)31-24(35)23(19-8-7-9-21(34)17-19)32(15-14-29)25(36)22(30-26(37)38-28(4,5)6)16-18-10-12-20(33)13-11-18/h7-13,17,22-23,33-34H,15-16H2,1-6H3,(H,30,37)(H,31,35). The molecule has 2 unspecified atom stereocenters. The molecule has 2 atom stereocenters. The number of hydrogen-bond acceptors (Lipinski definition) is 7. The van der Waals surface area contributed by atoms with Gasteiger partial charge in [-0.25, -0.2) is 4.79 Å². The Balaban J connectivity index is 2.55. The van der Waals surface area contributed by atoms with Crippen molar-refractivity contribution in [1.29, 1.82) is 5.26 Å². The van der Waals surface area contributed by atoms with Gasteiger partial charge in [-0.15, -0.1) is 0 Å². The van der Waals surface area contributed by atoms with Gasteiger partial charge in [0.2, 0.25) is 11.8 Å². The Morgan fingerprint density at radius 2 is 1.63 bits per heavy atom. The Labute approximate surface area is 223 Å². The van der Waals surface area contributed by atoms with E-state index in [1.54, 1.807) is 59.7 Å². The fraction of sp³-hybridized carbons (Fsp3) is 0.429. The van der Waals surface area contributed by atoms with Crippen LogP contribution in [0, 0.1) is 11.3 Å². The van der Waals surface area contributed by atoms with Gasteiger partial charge in [-0.1, -0.05) is 24.3 Å². The molecule has 0 radical (unpaired) electrons. The SMILES string of the molecule is CC(C)(C)NC(=O)C(c1cccc(O)c1)N(CC#N)C(=O)C(Cc1ccc(O)cc1)NC(=O)OC(C)(C)C. The number of benzene rings is 2. The predicted molar refractivity (Wildman–Crippen MR) is 141 cm³/mol. The summed E-state index contributed by atoms with van der Waals surface area (Å²) in [7, 11) is 0.